The Kier molecular flexibility index (Phi) is 5.18. The maximum atomic E-state index is 12.6. The molecule has 1 amide bonds. The van der Waals surface area contributed by atoms with Crippen LogP contribution in [-0.2, 0) is 4.79 Å². The van der Waals surface area contributed by atoms with Gasteiger partial charge in [0.25, 0.3) is 5.91 Å². The summed E-state index contributed by atoms with van der Waals surface area (Å²) < 4.78 is 5.18. The Morgan fingerprint density at radius 2 is 2.28 bits per heavy atom. The minimum atomic E-state index is -0.851. The topological polar surface area (TPSA) is 91.8 Å². The lowest BCUT2D eigenvalue weighted by Gasteiger charge is -2.30. The molecule has 3 rings (SSSR count). The lowest BCUT2D eigenvalue weighted by molar-refractivity contribution is -0.143. The number of carboxylic acid groups (broad SMARTS) is 1. The Morgan fingerprint density at radius 1 is 1.44 bits per heavy atom. The largest absolute Gasteiger partial charge is 0.497 e. The van der Waals surface area contributed by atoms with Crippen LogP contribution in [0.4, 0.5) is 10.8 Å². The molecule has 7 nitrogen and oxygen atoms in total. The molecule has 25 heavy (non-hydrogen) atoms. The van der Waals surface area contributed by atoms with Crippen molar-refractivity contribution in [2.24, 2.45) is 5.92 Å². The van der Waals surface area contributed by atoms with Crippen molar-refractivity contribution in [3.05, 3.63) is 35.3 Å². The summed E-state index contributed by atoms with van der Waals surface area (Å²) in [6.07, 6.45) is 1.31. The van der Waals surface area contributed by atoms with Gasteiger partial charge in [-0.05, 0) is 25.0 Å². The number of carbonyl (C=O) groups excluding carboxylic acids is 1. The smallest absolute Gasteiger partial charge is 0.308 e. The number of hydrogen-bond acceptors (Lipinski definition) is 6. The summed E-state index contributed by atoms with van der Waals surface area (Å²) in [5.41, 5.74) is 1.15. The van der Waals surface area contributed by atoms with Gasteiger partial charge in [-0.15, -0.1) is 11.3 Å². The van der Waals surface area contributed by atoms with Gasteiger partial charge < -0.3 is 20.1 Å². The van der Waals surface area contributed by atoms with Crippen LogP contribution in [-0.4, -0.2) is 47.1 Å². The molecule has 0 radical (unpaired) electrons. The van der Waals surface area contributed by atoms with Crippen LogP contribution in [0.2, 0.25) is 0 Å². The predicted molar refractivity (Wildman–Crippen MR) is 94.7 cm³/mol. The number of rotatable bonds is 5. The highest BCUT2D eigenvalue weighted by Gasteiger charge is 2.29. The average molecular weight is 361 g/mol. The molecule has 1 aromatic heterocycles. The molecule has 0 saturated carbocycles. The quantitative estimate of drug-likeness (QED) is 0.851. The molecule has 1 fully saturated rings. The van der Waals surface area contributed by atoms with Gasteiger partial charge in [0.2, 0.25) is 0 Å². The number of methoxy groups -OCH3 is 1. The number of piperidine rings is 1. The first-order chi connectivity index (χ1) is 12.1. The summed E-state index contributed by atoms with van der Waals surface area (Å²) in [4.78, 5) is 29.6. The number of likely N-dealkylation sites (tertiary alicyclic amines) is 1. The fraction of sp³-hybridized carbons (Fsp3) is 0.353. The number of amides is 1. The van der Waals surface area contributed by atoms with Crippen LogP contribution in [0.25, 0.3) is 0 Å². The van der Waals surface area contributed by atoms with Crippen molar-refractivity contribution in [1.29, 1.82) is 0 Å². The molecule has 132 valence electrons. The van der Waals surface area contributed by atoms with Crippen LogP contribution in [0.5, 0.6) is 5.75 Å². The van der Waals surface area contributed by atoms with Gasteiger partial charge in [0.1, 0.15) is 11.4 Å². The van der Waals surface area contributed by atoms with Gasteiger partial charge in [0.05, 0.1) is 13.0 Å². The molecular weight excluding hydrogens is 342 g/mol. The van der Waals surface area contributed by atoms with Crippen molar-refractivity contribution < 1.29 is 19.4 Å². The van der Waals surface area contributed by atoms with Crippen molar-refractivity contribution in [2.75, 3.05) is 25.5 Å². The fourth-order valence-corrected chi connectivity index (χ4v) is 3.48. The van der Waals surface area contributed by atoms with Crippen molar-refractivity contribution in [3.8, 4) is 5.75 Å². The molecule has 1 saturated heterocycles. The molecule has 1 aliphatic heterocycles. The van der Waals surface area contributed by atoms with E-state index in [9.17, 15) is 9.59 Å². The van der Waals surface area contributed by atoms with Gasteiger partial charge >= 0.3 is 5.97 Å². The zero-order chi connectivity index (χ0) is 17.8. The van der Waals surface area contributed by atoms with Crippen molar-refractivity contribution in [3.63, 3.8) is 0 Å². The highest BCUT2D eigenvalue weighted by Crippen LogP contribution is 2.25. The zero-order valence-corrected chi connectivity index (χ0v) is 14.6. The Bertz CT molecular complexity index is 777. The Morgan fingerprint density at radius 3 is 3.04 bits per heavy atom. The molecule has 2 N–H and O–H groups in total. The van der Waals surface area contributed by atoms with Crippen LogP contribution in [0.15, 0.2) is 29.6 Å². The number of nitrogens with zero attached hydrogens (tertiary/aromatic N) is 2. The number of ether oxygens (including phenoxy) is 1. The van der Waals surface area contributed by atoms with E-state index in [1.807, 2.05) is 24.3 Å². The van der Waals surface area contributed by atoms with E-state index >= 15 is 0 Å². The second kappa shape index (κ2) is 7.52. The molecule has 0 aliphatic carbocycles. The number of carbonyl (C=O) groups is 2. The van der Waals surface area contributed by atoms with Crippen LogP contribution >= 0.6 is 11.3 Å². The molecule has 2 heterocycles. The minimum Gasteiger partial charge on any atom is -0.497 e. The lowest BCUT2D eigenvalue weighted by Crippen LogP contribution is -2.42. The van der Waals surface area contributed by atoms with Crippen LogP contribution in [0.3, 0.4) is 0 Å². The number of aliphatic carboxylic acids is 1. The van der Waals surface area contributed by atoms with E-state index in [2.05, 4.69) is 10.3 Å². The first-order valence-electron chi connectivity index (χ1n) is 7.95. The Hall–Kier alpha value is -2.61. The number of thiazole rings is 1. The van der Waals surface area contributed by atoms with E-state index in [0.29, 0.717) is 30.2 Å². The van der Waals surface area contributed by atoms with Crippen molar-refractivity contribution in [1.82, 2.24) is 9.88 Å². The Labute approximate surface area is 149 Å². The first-order valence-corrected chi connectivity index (χ1v) is 8.83. The number of aromatic nitrogens is 1. The highest BCUT2D eigenvalue weighted by molar-refractivity contribution is 7.14. The summed E-state index contributed by atoms with van der Waals surface area (Å²) in [7, 11) is 1.60. The second-order valence-electron chi connectivity index (χ2n) is 5.82. The molecule has 2 aromatic rings. The SMILES string of the molecule is COc1cccc(Nc2nc(C(=O)N3CCCC(C(=O)O)C3)cs2)c1. The third-order valence-electron chi connectivity index (χ3n) is 4.10. The van der Waals surface area contributed by atoms with Gasteiger partial charge in [-0.1, -0.05) is 6.07 Å². The van der Waals surface area contributed by atoms with Gasteiger partial charge in [0, 0.05) is 30.2 Å². The molecular formula is C17H19N3O4S. The standard InChI is InChI=1S/C17H19N3O4S/c1-24-13-6-2-5-12(8-13)18-17-19-14(10-25-17)15(21)20-7-3-4-11(9-20)16(22)23/h2,5-6,8,10-11H,3-4,7,9H2,1H3,(H,18,19)(H,22,23). The van der Waals surface area contributed by atoms with E-state index in [1.54, 1.807) is 17.4 Å². The second-order valence-corrected chi connectivity index (χ2v) is 6.68. The van der Waals surface area contributed by atoms with Gasteiger partial charge in [0.15, 0.2) is 5.13 Å². The molecule has 1 atom stereocenters. The first kappa shape index (κ1) is 17.2. The summed E-state index contributed by atoms with van der Waals surface area (Å²) >= 11 is 1.33. The van der Waals surface area contributed by atoms with Crippen molar-refractivity contribution >= 4 is 34.0 Å². The molecule has 1 unspecified atom stereocenters. The summed E-state index contributed by atoms with van der Waals surface area (Å²) in [6.45, 7) is 0.809. The number of benzene rings is 1. The van der Waals surface area contributed by atoms with E-state index in [1.165, 1.54) is 11.3 Å². The summed E-state index contributed by atoms with van der Waals surface area (Å²) in [6, 6.07) is 7.43. The molecule has 0 spiro atoms. The number of nitrogens with one attached hydrogen (secondary N) is 1. The third kappa shape index (κ3) is 4.08. The monoisotopic (exact) mass is 361 g/mol. The summed E-state index contributed by atoms with van der Waals surface area (Å²) in [5, 5.41) is 14.6. The van der Waals surface area contributed by atoms with E-state index < -0.39 is 11.9 Å². The minimum absolute atomic E-state index is 0.221. The lowest BCUT2D eigenvalue weighted by atomic mass is 9.98. The van der Waals surface area contributed by atoms with Crippen LogP contribution in [0.1, 0.15) is 23.3 Å². The van der Waals surface area contributed by atoms with Gasteiger partial charge in [-0.3, -0.25) is 9.59 Å². The van der Waals surface area contributed by atoms with E-state index in [0.717, 1.165) is 11.4 Å². The fourth-order valence-electron chi connectivity index (χ4n) is 2.78. The van der Waals surface area contributed by atoms with E-state index in [-0.39, 0.29) is 12.5 Å². The third-order valence-corrected chi connectivity index (χ3v) is 4.86. The molecule has 1 aliphatic rings. The number of hydrogen-bond donors (Lipinski definition) is 2. The van der Waals surface area contributed by atoms with Crippen LogP contribution in [0, 0.1) is 5.92 Å². The predicted octanol–water partition coefficient (Wildman–Crippen LogP) is 2.83. The molecule has 0 bridgehead atoms. The zero-order valence-electron chi connectivity index (χ0n) is 13.8. The molecule has 1 aromatic carbocycles. The summed E-state index contributed by atoms with van der Waals surface area (Å²) in [5.74, 6) is -0.839. The maximum Gasteiger partial charge on any atom is 0.308 e. The van der Waals surface area contributed by atoms with Crippen LogP contribution < -0.4 is 10.1 Å². The maximum absolute atomic E-state index is 12.6. The molecule has 8 heteroatoms. The number of anilines is 2. The normalized spacial score (nSPS) is 17.2. The average Bonchev–Trinajstić information content (AvgIpc) is 3.09. The number of carboxylic acids is 1. The van der Waals surface area contributed by atoms with Gasteiger partial charge in [-0.25, -0.2) is 4.98 Å². The van der Waals surface area contributed by atoms with E-state index in [4.69, 9.17) is 9.84 Å². The van der Waals surface area contributed by atoms with Gasteiger partial charge in [-0.2, -0.15) is 0 Å². The Balaban J connectivity index is 1.68. The highest BCUT2D eigenvalue weighted by atomic mass is 32.1. The van der Waals surface area contributed by atoms with Crippen molar-refractivity contribution in [2.45, 2.75) is 12.8 Å².